The number of hydrogen-bond donors (Lipinski definition) is 2. The molecule has 29 heavy (non-hydrogen) atoms. The maximum absolute atomic E-state index is 12.8. The lowest BCUT2D eigenvalue weighted by Gasteiger charge is -2.32. The van der Waals surface area contributed by atoms with Gasteiger partial charge in [-0.1, -0.05) is 30.3 Å². The fourth-order valence-corrected chi connectivity index (χ4v) is 4.56. The third-order valence-corrected chi connectivity index (χ3v) is 6.48. The van der Waals surface area contributed by atoms with Crippen molar-refractivity contribution in [3.8, 4) is 0 Å². The molecule has 2 fully saturated rings. The number of piperidine rings is 1. The Morgan fingerprint density at radius 2 is 2.03 bits per heavy atom. The zero-order chi connectivity index (χ0) is 20.1. The molecule has 0 spiro atoms. The van der Waals surface area contributed by atoms with Crippen LogP contribution in [0.15, 0.2) is 41.9 Å². The molecule has 0 radical (unpaired) electrons. The number of carbonyl (C=O) groups excluding carboxylic acids is 2. The number of aromatic nitrogens is 1. The molecular weight excluding hydrogens is 384 g/mol. The summed E-state index contributed by atoms with van der Waals surface area (Å²) in [6.07, 6.45) is 6.08. The fraction of sp³-hybridized carbons (Fsp3) is 0.500. The summed E-state index contributed by atoms with van der Waals surface area (Å²) in [6, 6.07) is 9.67. The van der Waals surface area contributed by atoms with Crippen LogP contribution in [0.3, 0.4) is 0 Å². The standard InChI is InChI=1S/C22H28N4O2S/c27-19(25-20(22-23-10-12-29-22)17-5-2-1-3-6-17)15-26-11-4-7-18(14-26)21(28)24-13-16-8-9-16/h1-3,5-6,10,12,16,18,20H,4,7-9,11,13-15H2,(H,24,28)(H,25,27). The van der Waals surface area contributed by atoms with Crippen LogP contribution in [0.1, 0.15) is 42.3 Å². The molecule has 1 saturated heterocycles. The zero-order valence-electron chi connectivity index (χ0n) is 16.5. The number of amides is 2. The SMILES string of the molecule is O=C(CN1CCCC(C(=O)NCC2CC2)C1)NC(c1ccccc1)c1nccs1. The van der Waals surface area contributed by atoms with Gasteiger partial charge in [0.2, 0.25) is 11.8 Å². The molecule has 1 aromatic heterocycles. The number of rotatable bonds is 8. The first kappa shape index (κ1) is 20.0. The smallest absolute Gasteiger partial charge is 0.235 e. The molecule has 2 aromatic rings. The molecule has 2 amide bonds. The Balaban J connectivity index is 1.33. The van der Waals surface area contributed by atoms with Crippen LogP contribution in [0.5, 0.6) is 0 Å². The number of nitrogens with one attached hydrogen (secondary N) is 2. The van der Waals surface area contributed by atoms with Crippen molar-refractivity contribution < 1.29 is 9.59 Å². The van der Waals surface area contributed by atoms with Crippen molar-refractivity contribution in [2.75, 3.05) is 26.2 Å². The first-order valence-corrected chi connectivity index (χ1v) is 11.3. The van der Waals surface area contributed by atoms with Crippen molar-refractivity contribution >= 4 is 23.2 Å². The van der Waals surface area contributed by atoms with E-state index >= 15 is 0 Å². The van der Waals surface area contributed by atoms with Crippen molar-refractivity contribution in [2.45, 2.75) is 31.7 Å². The second kappa shape index (κ2) is 9.50. The summed E-state index contributed by atoms with van der Waals surface area (Å²) in [4.78, 5) is 31.8. The first-order valence-electron chi connectivity index (χ1n) is 10.4. The molecule has 1 aliphatic carbocycles. The normalized spacial score (nSPS) is 20.8. The first-order chi connectivity index (χ1) is 14.2. The average Bonchev–Trinajstić information content (AvgIpc) is 3.42. The van der Waals surface area contributed by atoms with Gasteiger partial charge in [-0.15, -0.1) is 11.3 Å². The molecule has 6 nitrogen and oxygen atoms in total. The monoisotopic (exact) mass is 412 g/mol. The average molecular weight is 413 g/mol. The number of hydrogen-bond acceptors (Lipinski definition) is 5. The number of thiazole rings is 1. The summed E-state index contributed by atoms with van der Waals surface area (Å²) in [5, 5.41) is 9.03. The molecule has 1 aliphatic heterocycles. The summed E-state index contributed by atoms with van der Waals surface area (Å²) >= 11 is 1.54. The second-order valence-corrected chi connectivity index (χ2v) is 8.97. The Bertz CT molecular complexity index is 807. The van der Waals surface area contributed by atoms with Crippen LogP contribution in [0.2, 0.25) is 0 Å². The van der Waals surface area contributed by atoms with Crippen LogP contribution in [0.25, 0.3) is 0 Å². The maximum Gasteiger partial charge on any atom is 0.235 e. The number of benzene rings is 1. The summed E-state index contributed by atoms with van der Waals surface area (Å²) < 4.78 is 0. The Morgan fingerprint density at radius 3 is 2.76 bits per heavy atom. The van der Waals surface area contributed by atoms with E-state index in [1.54, 1.807) is 6.20 Å². The maximum atomic E-state index is 12.8. The van der Waals surface area contributed by atoms with Gasteiger partial charge in [-0.25, -0.2) is 4.98 Å². The lowest BCUT2D eigenvalue weighted by atomic mass is 9.97. The van der Waals surface area contributed by atoms with Crippen molar-refractivity contribution in [1.82, 2.24) is 20.5 Å². The van der Waals surface area contributed by atoms with Gasteiger partial charge in [0.25, 0.3) is 0 Å². The Labute approximate surface area is 175 Å². The third-order valence-electron chi connectivity index (χ3n) is 5.64. The predicted molar refractivity (Wildman–Crippen MR) is 113 cm³/mol. The van der Waals surface area contributed by atoms with Crippen LogP contribution in [-0.4, -0.2) is 47.9 Å². The van der Waals surface area contributed by atoms with Crippen LogP contribution < -0.4 is 10.6 Å². The van der Waals surface area contributed by atoms with Gasteiger partial charge in [-0.2, -0.15) is 0 Å². The minimum Gasteiger partial charge on any atom is -0.356 e. The molecule has 2 aliphatic rings. The van der Waals surface area contributed by atoms with Crippen LogP contribution in [0.4, 0.5) is 0 Å². The van der Waals surface area contributed by atoms with Crippen molar-refractivity contribution in [2.24, 2.45) is 11.8 Å². The highest BCUT2D eigenvalue weighted by molar-refractivity contribution is 7.09. The quantitative estimate of drug-likeness (QED) is 0.699. The number of carbonyl (C=O) groups is 2. The van der Waals surface area contributed by atoms with Crippen LogP contribution >= 0.6 is 11.3 Å². The minimum absolute atomic E-state index is 0.0146. The molecule has 2 atom stereocenters. The number of likely N-dealkylation sites (tertiary alicyclic amines) is 1. The molecule has 1 aromatic carbocycles. The second-order valence-electron chi connectivity index (χ2n) is 8.04. The zero-order valence-corrected chi connectivity index (χ0v) is 17.4. The van der Waals surface area contributed by atoms with Gasteiger partial charge in [-0.05, 0) is 43.7 Å². The summed E-state index contributed by atoms with van der Waals surface area (Å²) in [6.45, 7) is 2.62. The topological polar surface area (TPSA) is 74.3 Å². The largest absolute Gasteiger partial charge is 0.356 e. The van der Waals surface area contributed by atoms with E-state index in [9.17, 15) is 9.59 Å². The van der Waals surface area contributed by atoms with Gasteiger partial charge in [0, 0.05) is 24.7 Å². The molecule has 0 bridgehead atoms. The van der Waals surface area contributed by atoms with E-state index in [0.717, 1.165) is 36.5 Å². The van der Waals surface area contributed by atoms with E-state index in [1.165, 1.54) is 24.2 Å². The van der Waals surface area contributed by atoms with Gasteiger partial charge in [0.05, 0.1) is 12.5 Å². The highest BCUT2D eigenvalue weighted by atomic mass is 32.1. The van der Waals surface area contributed by atoms with Gasteiger partial charge in [0.15, 0.2) is 0 Å². The lowest BCUT2D eigenvalue weighted by molar-refractivity contribution is -0.129. The minimum atomic E-state index is -0.244. The molecule has 154 valence electrons. The van der Waals surface area contributed by atoms with Crippen molar-refractivity contribution in [1.29, 1.82) is 0 Å². The van der Waals surface area contributed by atoms with E-state index in [-0.39, 0.29) is 23.8 Å². The highest BCUT2D eigenvalue weighted by Gasteiger charge is 2.29. The fourth-order valence-electron chi connectivity index (χ4n) is 3.84. The van der Waals surface area contributed by atoms with Gasteiger partial charge in [0.1, 0.15) is 11.0 Å². The van der Waals surface area contributed by atoms with E-state index < -0.39 is 0 Å². The molecule has 7 heteroatoms. The molecular formula is C22H28N4O2S. The predicted octanol–water partition coefficient (Wildman–Crippen LogP) is 2.59. The van der Waals surface area contributed by atoms with E-state index in [1.807, 2.05) is 35.7 Å². The highest BCUT2D eigenvalue weighted by Crippen LogP contribution is 2.28. The number of nitrogens with zero attached hydrogens (tertiary/aromatic N) is 2. The molecule has 1 saturated carbocycles. The van der Waals surface area contributed by atoms with Gasteiger partial charge >= 0.3 is 0 Å². The lowest BCUT2D eigenvalue weighted by Crippen LogP contribution is -2.47. The van der Waals surface area contributed by atoms with Crippen LogP contribution in [-0.2, 0) is 9.59 Å². The molecule has 2 N–H and O–H groups in total. The Morgan fingerprint density at radius 1 is 1.21 bits per heavy atom. The van der Waals surface area contributed by atoms with E-state index in [2.05, 4.69) is 20.5 Å². The molecule has 2 heterocycles. The summed E-state index contributed by atoms with van der Waals surface area (Å²) in [5.74, 6) is 0.782. The van der Waals surface area contributed by atoms with Gasteiger partial charge < -0.3 is 10.6 Å². The summed E-state index contributed by atoms with van der Waals surface area (Å²) in [5.41, 5.74) is 1.02. The molecule has 4 rings (SSSR count). The third kappa shape index (κ3) is 5.64. The van der Waals surface area contributed by atoms with E-state index in [4.69, 9.17) is 0 Å². The molecule has 2 unspecified atom stereocenters. The van der Waals surface area contributed by atoms with Gasteiger partial charge in [-0.3, -0.25) is 14.5 Å². The van der Waals surface area contributed by atoms with Crippen LogP contribution in [0, 0.1) is 11.8 Å². The summed E-state index contributed by atoms with van der Waals surface area (Å²) in [7, 11) is 0. The van der Waals surface area contributed by atoms with Crippen molar-refractivity contribution in [3.05, 3.63) is 52.5 Å². The van der Waals surface area contributed by atoms with Crippen molar-refractivity contribution in [3.63, 3.8) is 0 Å². The Kier molecular flexibility index (Phi) is 6.56. The van der Waals surface area contributed by atoms with E-state index in [0.29, 0.717) is 19.0 Å². The Hall–Kier alpha value is -2.25.